The van der Waals surface area contributed by atoms with Gasteiger partial charge in [0.05, 0.1) is 17.6 Å². The number of hydrogen-bond acceptors (Lipinski definition) is 7. The van der Waals surface area contributed by atoms with Gasteiger partial charge >= 0.3 is 6.09 Å². The van der Waals surface area contributed by atoms with E-state index in [2.05, 4.69) is 25.3 Å². The van der Waals surface area contributed by atoms with Gasteiger partial charge in [-0.15, -0.1) is 0 Å². The zero-order chi connectivity index (χ0) is 15.5. The topological polar surface area (TPSA) is 93.1 Å². The Morgan fingerprint density at radius 3 is 2.82 bits per heavy atom. The standard InChI is InChI=1S/C13H13ClN6O2/c1-8(11-16-6-9(14)7-17-11)18-12-15-3-2-10(19-12)20-4-5-22-13(20)21/h2-3,6-8H,4-5H2,1H3,(H,15,18,19)/t8-/m0/s1. The maximum atomic E-state index is 11.6. The fourth-order valence-electron chi connectivity index (χ4n) is 1.97. The molecule has 2 aromatic heterocycles. The molecule has 0 unspecified atom stereocenters. The van der Waals surface area contributed by atoms with Crippen LogP contribution in [-0.4, -0.2) is 39.2 Å². The van der Waals surface area contributed by atoms with Crippen molar-refractivity contribution in [3.05, 3.63) is 35.5 Å². The van der Waals surface area contributed by atoms with E-state index in [0.29, 0.717) is 35.8 Å². The molecule has 1 atom stereocenters. The summed E-state index contributed by atoms with van der Waals surface area (Å²) in [5.41, 5.74) is 0. The van der Waals surface area contributed by atoms with Gasteiger partial charge in [0.15, 0.2) is 0 Å². The fourth-order valence-corrected chi connectivity index (χ4v) is 2.07. The lowest BCUT2D eigenvalue weighted by Gasteiger charge is -2.15. The maximum Gasteiger partial charge on any atom is 0.415 e. The molecule has 1 aliphatic heterocycles. The first kappa shape index (κ1) is 14.5. The SMILES string of the molecule is C[C@H](Nc1nccc(N2CCOC2=O)n1)c1ncc(Cl)cn1. The monoisotopic (exact) mass is 320 g/mol. The van der Waals surface area contributed by atoms with Crippen molar-refractivity contribution in [2.24, 2.45) is 0 Å². The Kier molecular flexibility index (Phi) is 4.01. The molecule has 0 spiro atoms. The Hall–Kier alpha value is -2.48. The number of carbonyl (C=O) groups excluding carboxylic acids is 1. The number of aromatic nitrogens is 4. The third kappa shape index (κ3) is 3.06. The Morgan fingerprint density at radius 2 is 2.14 bits per heavy atom. The van der Waals surface area contributed by atoms with Crippen LogP contribution in [0.4, 0.5) is 16.6 Å². The Balaban J connectivity index is 1.75. The van der Waals surface area contributed by atoms with Crippen LogP contribution in [0.3, 0.4) is 0 Å². The van der Waals surface area contributed by atoms with Crippen molar-refractivity contribution < 1.29 is 9.53 Å². The Labute approximate surface area is 131 Å². The molecule has 0 aliphatic carbocycles. The van der Waals surface area contributed by atoms with Crippen molar-refractivity contribution >= 4 is 29.5 Å². The smallest absolute Gasteiger partial charge is 0.415 e. The number of nitrogens with zero attached hydrogens (tertiary/aromatic N) is 5. The second-order valence-corrected chi connectivity index (χ2v) is 5.07. The van der Waals surface area contributed by atoms with Gasteiger partial charge in [-0.1, -0.05) is 11.6 Å². The van der Waals surface area contributed by atoms with E-state index in [1.807, 2.05) is 6.92 Å². The molecule has 2 aromatic rings. The van der Waals surface area contributed by atoms with Crippen LogP contribution in [-0.2, 0) is 4.74 Å². The van der Waals surface area contributed by atoms with E-state index in [1.165, 1.54) is 17.3 Å². The van der Waals surface area contributed by atoms with Crippen LogP contribution in [0, 0.1) is 0 Å². The molecule has 8 nitrogen and oxygen atoms in total. The van der Waals surface area contributed by atoms with E-state index in [0.717, 1.165) is 0 Å². The number of cyclic esters (lactones) is 1. The third-order valence-electron chi connectivity index (χ3n) is 3.05. The molecule has 0 aromatic carbocycles. The highest BCUT2D eigenvalue weighted by Crippen LogP contribution is 2.19. The predicted molar refractivity (Wildman–Crippen MR) is 79.8 cm³/mol. The van der Waals surface area contributed by atoms with Crippen molar-refractivity contribution in [1.82, 2.24) is 19.9 Å². The van der Waals surface area contributed by atoms with Gasteiger partial charge in [0.1, 0.15) is 18.2 Å². The zero-order valence-electron chi connectivity index (χ0n) is 11.7. The highest BCUT2D eigenvalue weighted by atomic mass is 35.5. The minimum absolute atomic E-state index is 0.210. The van der Waals surface area contributed by atoms with E-state index in [9.17, 15) is 4.79 Å². The minimum atomic E-state index is -0.404. The first-order chi connectivity index (χ1) is 10.6. The maximum absolute atomic E-state index is 11.6. The largest absolute Gasteiger partial charge is 0.447 e. The molecular formula is C13H13ClN6O2. The second-order valence-electron chi connectivity index (χ2n) is 4.63. The van der Waals surface area contributed by atoms with Gasteiger partial charge in [-0.2, -0.15) is 4.98 Å². The average molecular weight is 321 g/mol. The lowest BCUT2D eigenvalue weighted by atomic mass is 10.3. The van der Waals surface area contributed by atoms with Gasteiger partial charge in [0.2, 0.25) is 5.95 Å². The number of amides is 1. The van der Waals surface area contributed by atoms with Crippen LogP contribution in [0.5, 0.6) is 0 Å². The summed E-state index contributed by atoms with van der Waals surface area (Å²) in [5.74, 6) is 1.44. The summed E-state index contributed by atoms with van der Waals surface area (Å²) < 4.78 is 4.90. The highest BCUT2D eigenvalue weighted by Gasteiger charge is 2.25. The summed E-state index contributed by atoms with van der Waals surface area (Å²) >= 11 is 5.76. The van der Waals surface area contributed by atoms with Crippen LogP contribution in [0.2, 0.25) is 5.02 Å². The molecule has 114 valence electrons. The summed E-state index contributed by atoms with van der Waals surface area (Å²) in [6.07, 6.45) is 4.23. The van der Waals surface area contributed by atoms with Gasteiger partial charge in [-0.25, -0.2) is 19.7 Å². The van der Waals surface area contributed by atoms with Crippen LogP contribution in [0.1, 0.15) is 18.8 Å². The van der Waals surface area contributed by atoms with Crippen LogP contribution >= 0.6 is 11.6 Å². The van der Waals surface area contributed by atoms with E-state index in [-0.39, 0.29) is 6.04 Å². The zero-order valence-corrected chi connectivity index (χ0v) is 12.5. The predicted octanol–water partition coefficient (Wildman–Crippen LogP) is 2.05. The van der Waals surface area contributed by atoms with E-state index in [4.69, 9.17) is 16.3 Å². The number of ether oxygens (including phenoxy) is 1. The average Bonchev–Trinajstić information content (AvgIpc) is 2.94. The van der Waals surface area contributed by atoms with Crippen LogP contribution < -0.4 is 10.2 Å². The second kappa shape index (κ2) is 6.10. The van der Waals surface area contributed by atoms with Crippen molar-refractivity contribution in [2.75, 3.05) is 23.4 Å². The molecule has 1 N–H and O–H groups in total. The molecular weight excluding hydrogens is 308 g/mol. The number of halogens is 1. The molecule has 1 aliphatic rings. The van der Waals surface area contributed by atoms with Gasteiger partial charge in [0.25, 0.3) is 0 Å². The number of nitrogens with one attached hydrogen (secondary N) is 1. The Bertz CT molecular complexity index is 680. The lowest BCUT2D eigenvalue weighted by Crippen LogP contribution is -2.25. The van der Waals surface area contributed by atoms with Gasteiger partial charge in [-0.3, -0.25) is 4.90 Å². The summed E-state index contributed by atoms with van der Waals surface area (Å²) in [5, 5.41) is 3.56. The van der Waals surface area contributed by atoms with Crippen molar-refractivity contribution in [3.8, 4) is 0 Å². The van der Waals surface area contributed by atoms with Crippen molar-refractivity contribution in [2.45, 2.75) is 13.0 Å². The highest BCUT2D eigenvalue weighted by molar-refractivity contribution is 6.30. The first-order valence-electron chi connectivity index (χ1n) is 6.65. The molecule has 0 saturated carbocycles. The molecule has 0 bridgehead atoms. The molecule has 0 radical (unpaired) electrons. The van der Waals surface area contributed by atoms with Crippen molar-refractivity contribution in [3.63, 3.8) is 0 Å². The number of hydrogen-bond donors (Lipinski definition) is 1. The summed E-state index contributed by atoms with van der Waals surface area (Å²) in [6, 6.07) is 1.44. The van der Waals surface area contributed by atoms with E-state index < -0.39 is 6.09 Å². The molecule has 1 amide bonds. The van der Waals surface area contributed by atoms with Gasteiger partial charge < -0.3 is 10.1 Å². The summed E-state index contributed by atoms with van der Waals surface area (Å²) in [6.45, 7) is 2.72. The number of carbonyl (C=O) groups is 1. The van der Waals surface area contributed by atoms with Crippen molar-refractivity contribution in [1.29, 1.82) is 0 Å². The molecule has 1 fully saturated rings. The van der Waals surface area contributed by atoms with Crippen LogP contribution in [0.15, 0.2) is 24.7 Å². The minimum Gasteiger partial charge on any atom is -0.447 e. The molecule has 3 rings (SSSR count). The molecule has 9 heteroatoms. The third-order valence-corrected chi connectivity index (χ3v) is 3.25. The molecule has 1 saturated heterocycles. The van der Waals surface area contributed by atoms with Crippen LogP contribution in [0.25, 0.3) is 0 Å². The molecule has 22 heavy (non-hydrogen) atoms. The lowest BCUT2D eigenvalue weighted by molar-refractivity contribution is 0.181. The first-order valence-corrected chi connectivity index (χ1v) is 7.02. The quantitative estimate of drug-likeness (QED) is 0.921. The normalized spacial score (nSPS) is 15.5. The van der Waals surface area contributed by atoms with E-state index in [1.54, 1.807) is 12.3 Å². The summed E-state index contributed by atoms with van der Waals surface area (Å²) in [4.78, 5) is 29.7. The summed E-state index contributed by atoms with van der Waals surface area (Å²) in [7, 11) is 0. The molecule has 3 heterocycles. The van der Waals surface area contributed by atoms with Gasteiger partial charge in [-0.05, 0) is 13.0 Å². The number of anilines is 2. The Morgan fingerprint density at radius 1 is 1.36 bits per heavy atom. The number of rotatable bonds is 4. The fraction of sp³-hybridized carbons (Fsp3) is 0.308. The van der Waals surface area contributed by atoms with E-state index >= 15 is 0 Å². The van der Waals surface area contributed by atoms with Gasteiger partial charge in [0, 0.05) is 18.6 Å².